The molecule has 1 atom stereocenters. The van der Waals surface area contributed by atoms with Gasteiger partial charge in [0, 0.05) is 11.6 Å². The second-order valence-corrected chi connectivity index (χ2v) is 5.14. The summed E-state index contributed by atoms with van der Waals surface area (Å²) in [5.74, 6) is -0.433. The number of carbonyl (C=O) groups excluding carboxylic acids is 1. The molecule has 2 aromatic carbocycles. The van der Waals surface area contributed by atoms with Crippen LogP contribution in [0.15, 0.2) is 48.5 Å². The minimum absolute atomic E-state index is 0.211. The molecule has 0 aliphatic rings. The minimum atomic E-state index is -0.993. The van der Waals surface area contributed by atoms with Crippen molar-refractivity contribution in [1.29, 1.82) is 0 Å². The summed E-state index contributed by atoms with van der Waals surface area (Å²) in [4.78, 5) is 23.6. The number of ether oxygens (including phenoxy) is 2. The largest absolute Gasteiger partial charge is 0.497 e. The predicted molar refractivity (Wildman–Crippen MR) is 88.4 cm³/mol. The minimum Gasteiger partial charge on any atom is -0.497 e. The van der Waals surface area contributed by atoms with Gasteiger partial charge < -0.3 is 19.9 Å². The van der Waals surface area contributed by atoms with Gasteiger partial charge in [-0.05, 0) is 17.7 Å². The zero-order chi connectivity index (χ0) is 17.5. The molecule has 0 saturated heterocycles. The van der Waals surface area contributed by atoms with E-state index in [0.717, 1.165) is 5.56 Å². The molecule has 0 fully saturated rings. The van der Waals surface area contributed by atoms with E-state index in [-0.39, 0.29) is 6.42 Å². The van der Waals surface area contributed by atoms with E-state index in [0.29, 0.717) is 17.1 Å². The topological polar surface area (TPSA) is 84.9 Å². The normalized spacial score (nSPS) is 11.4. The van der Waals surface area contributed by atoms with Gasteiger partial charge in [-0.25, -0.2) is 0 Å². The van der Waals surface area contributed by atoms with Crippen molar-refractivity contribution in [3.63, 3.8) is 0 Å². The molecule has 0 bridgehead atoms. The van der Waals surface area contributed by atoms with Gasteiger partial charge in [0.2, 0.25) is 0 Å². The van der Waals surface area contributed by atoms with E-state index in [1.165, 1.54) is 14.2 Å². The second-order valence-electron chi connectivity index (χ2n) is 5.14. The van der Waals surface area contributed by atoms with Crippen molar-refractivity contribution in [2.24, 2.45) is 0 Å². The average molecular weight is 329 g/mol. The molecule has 0 saturated carbocycles. The maximum absolute atomic E-state index is 12.5. The summed E-state index contributed by atoms with van der Waals surface area (Å²) in [5, 5.41) is 11.9. The van der Waals surface area contributed by atoms with Crippen LogP contribution in [0, 0.1) is 0 Å². The number of amides is 1. The first-order valence-corrected chi connectivity index (χ1v) is 7.34. The Morgan fingerprint density at radius 2 is 1.62 bits per heavy atom. The van der Waals surface area contributed by atoms with Crippen molar-refractivity contribution in [2.75, 3.05) is 14.2 Å². The number of aliphatic carboxylic acids is 1. The van der Waals surface area contributed by atoms with Crippen LogP contribution in [-0.4, -0.2) is 31.2 Å². The summed E-state index contributed by atoms with van der Waals surface area (Å²) in [6, 6.07) is 13.1. The van der Waals surface area contributed by atoms with Crippen LogP contribution in [0.4, 0.5) is 0 Å². The zero-order valence-corrected chi connectivity index (χ0v) is 13.5. The van der Waals surface area contributed by atoms with Gasteiger partial charge in [-0.2, -0.15) is 0 Å². The molecule has 0 radical (unpaired) electrons. The Morgan fingerprint density at radius 1 is 1.04 bits per heavy atom. The Bertz CT molecular complexity index is 692. The third-order valence-corrected chi connectivity index (χ3v) is 3.50. The van der Waals surface area contributed by atoms with E-state index in [1.54, 1.807) is 42.5 Å². The van der Waals surface area contributed by atoms with Gasteiger partial charge >= 0.3 is 5.97 Å². The molecule has 0 aliphatic heterocycles. The number of carbonyl (C=O) groups is 2. The summed E-state index contributed by atoms with van der Waals surface area (Å²) in [7, 11) is 2.99. The van der Waals surface area contributed by atoms with Crippen LogP contribution in [0.5, 0.6) is 11.5 Å². The molecule has 2 rings (SSSR count). The van der Waals surface area contributed by atoms with E-state index in [4.69, 9.17) is 14.6 Å². The van der Waals surface area contributed by atoms with Gasteiger partial charge in [0.25, 0.3) is 5.91 Å². The highest BCUT2D eigenvalue weighted by atomic mass is 16.5. The first-order valence-electron chi connectivity index (χ1n) is 7.34. The Kier molecular flexibility index (Phi) is 5.78. The molecule has 2 N–H and O–H groups in total. The fraction of sp³-hybridized carbons (Fsp3) is 0.222. The van der Waals surface area contributed by atoms with Crippen molar-refractivity contribution < 1.29 is 24.2 Å². The van der Waals surface area contributed by atoms with Crippen LogP contribution in [0.3, 0.4) is 0 Å². The SMILES string of the molecule is COc1cc(OC)cc(C(=O)NC(CC(=O)O)c2ccccc2)c1. The number of hydrogen-bond acceptors (Lipinski definition) is 4. The van der Waals surface area contributed by atoms with E-state index < -0.39 is 17.9 Å². The number of nitrogens with one attached hydrogen (secondary N) is 1. The van der Waals surface area contributed by atoms with Gasteiger partial charge in [-0.1, -0.05) is 30.3 Å². The lowest BCUT2D eigenvalue weighted by Gasteiger charge is -2.18. The first-order chi connectivity index (χ1) is 11.5. The third kappa shape index (κ3) is 4.49. The van der Waals surface area contributed by atoms with Crippen LogP contribution < -0.4 is 14.8 Å². The number of carboxylic acids is 1. The molecule has 126 valence electrons. The van der Waals surface area contributed by atoms with Crippen LogP contribution in [0.2, 0.25) is 0 Å². The number of hydrogen-bond donors (Lipinski definition) is 2. The second kappa shape index (κ2) is 8.01. The van der Waals surface area contributed by atoms with Crippen molar-refractivity contribution in [1.82, 2.24) is 5.32 Å². The average Bonchev–Trinajstić information content (AvgIpc) is 2.60. The smallest absolute Gasteiger partial charge is 0.305 e. The van der Waals surface area contributed by atoms with Crippen molar-refractivity contribution in [3.8, 4) is 11.5 Å². The standard InChI is InChI=1S/C18H19NO5/c1-23-14-8-13(9-15(10-14)24-2)18(22)19-16(11-17(20)21)12-6-4-3-5-7-12/h3-10,16H,11H2,1-2H3,(H,19,22)(H,20,21). The molecule has 0 heterocycles. The molecule has 1 unspecified atom stereocenters. The number of rotatable bonds is 7. The third-order valence-electron chi connectivity index (χ3n) is 3.50. The van der Waals surface area contributed by atoms with Crippen LogP contribution in [0.25, 0.3) is 0 Å². The lowest BCUT2D eigenvalue weighted by molar-refractivity contribution is -0.137. The summed E-state index contributed by atoms with van der Waals surface area (Å²) in [6.07, 6.45) is -0.211. The molecular weight excluding hydrogens is 310 g/mol. The molecule has 24 heavy (non-hydrogen) atoms. The summed E-state index contributed by atoms with van der Waals surface area (Å²) in [6.45, 7) is 0. The van der Waals surface area contributed by atoms with Gasteiger partial charge in [0.1, 0.15) is 11.5 Å². The van der Waals surface area contributed by atoms with E-state index in [9.17, 15) is 9.59 Å². The molecule has 6 nitrogen and oxygen atoms in total. The van der Waals surface area contributed by atoms with Crippen LogP contribution in [-0.2, 0) is 4.79 Å². The van der Waals surface area contributed by atoms with Crippen LogP contribution in [0.1, 0.15) is 28.4 Å². The van der Waals surface area contributed by atoms with Crippen molar-refractivity contribution >= 4 is 11.9 Å². The fourth-order valence-electron chi connectivity index (χ4n) is 2.29. The lowest BCUT2D eigenvalue weighted by atomic mass is 10.0. The molecular formula is C18H19NO5. The van der Waals surface area contributed by atoms with Gasteiger partial charge in [-0.15, -0.1) is 0 Å². The monoisotopic (exact) mass is 329 g/mol. The number of benzene rings is 2. The molecule has 0 aromatic heterocycles. The number of carboxylic acid groups (broad SMARTS) is 1. The summed E-state index contributed by atoms with van der Waals surface area (Å²) < 4.78 is 10.3. The maximum atomic E-state index is 12.5. The fourth-order valence-corrected chi connectivity index (χ4v) is 2.29. The quantitative estimate of drug-likeness (QED) is 0.816. The highest BCUT2D eigenvalue weighted by Crippen LogP contribution is 2.24. The predicted octanol–water partition coefficient (Wildman–Crippen LogP) is 2.65. The van der Waals surface area contributed by atoms with Gasteiger partial charge in [-0.3, -0.25) is 9.59 Å². The zero-order valence-electron chi connectivity index (χ0n) is 13.5. The van der Waals surface area contributed by atoms with E-state index >= 15 is 0 Å². The highest BCUT2D eigenvalue weighted by molar-refractivity contribution is 5.95. The maximum Gasteiger partial charge on any atom is 0.305 e. The Morgan fingerprint density at radius 3 is 2.12 bits per heavy atom. The first kappa shape index (κ1) is 17.3. The van der Waals surface area contributed by atoms with Gasteiger partial charge in [0.15, 0.2) is 0 Å². The highest BCUT2D eigenvalue weighted by Gasteiger charge is 2.19. The van der Waals surface area contributed by atoms with Gasteiger partial charge in [0.05, 0.1) is 26.7 Å². The molecule has 2 aromatic rings. The lowest BCUT2D eigenvalue weighted by Crippen LogP contribution is -2.30. The van der Waals surface area contributed by atoms with Crippen molar-refractivity contribution in [3.05, 3.63) is 59.7 Å². The molecule has 0 aliphatic carbocycles. The Labute approximate surface area is 140 Å². The number of methoxy groups -OCH3 is 2. The van der Waals surface area contributed by atoms with Crippen LogP contribution >= 0.6 is 0 Å². The van der Waals surface area contributed by atoms with E-state index in [1.807, 2.05) is 6.07 Å². The Balaban J connectivity index is 2.26. The Hall–Kier alpha value is -3.02. The van der Waals surface area contributed by atoms with E-state index in [2.05, 4.69) is 5.32 Å². The molecule has 0 spiro atoms. The summed E-state index contributed by atoms with van der Waals surface area (Å²) in [5.41, 5.74) is 1.06. The summed E-state index contributed by atoms with van der Waals surface area (Å²) >= 11 is 0. The van der Waals surface area contributed by atoms with Crippen molar-refractivity contribution in [2.45, 2.75) is 12.5 Å². The molecule has 6 heteroatoms. The molecule has 1 amide bonds.